The molecule has 1 aliphatic rings. The second-order valence-electron chi connectivity index (χ2n) is 3.95. The van der Waals surface area contributed by atoms with Gasteiger partial charge in [0.05, 0.1) is 6.54 Å². The molecule has 0 spiro atoms. The minimum absolute atomic E-state index is 0.0957. The van der Waals surface area contributed by atoms with Crippen LogP contribution < -0.4 is 10.6 Å². The Morgan fingerprint density at radius 2 is 2.28 bits per heavy atom. The van der Waals surface area contributed by atoms with E-state index in [9.17, 15) is 14.4 Å². The number of carbonyl (C=O) groups is 3. The highest BCUT2D eigenvalue weighted by Crippen LogP contribution is 2.09. The maximum absolute atomic E-state index is 11.6. The summed E-state index contributed by atoms with van der Waals surface area (Å²) in [5.41, 5.74) is 0. The van der Waals surface area contributed by atoms with Gasteiger partial charge < -0.3 is 20.2 Å². The molecule has 18 heavy (non-hydrogen) atoms. The van der Waals surface area contributed by atoms with E-state index in [1.807, 2.05) is 0 Å². The molecule has 2 amide bonds. The van der Waals surface area contributed by atoms with Gasteiger partial charge in [0.25, 0.3) is 0 Å². The first-order valence-corrected chi connectivity index (χ1v) is 5.45. The molecule has 1 aromatic rings. The van der Waals surface area contributed by atoms with Crippen LogP contribution in [0.15, 0.2) is 16.5 Å². The van der Waals surface area contributed by atoms with Gasteiger partial charge in [0.1, 0.15) is 11.8 Å². The zero-order valence-corrected chi connectivity index (χ0v) is 9.43. The van der Waals surface area contributed by atoms with E-state index in [0.29, 0.717) is 18.6 Å². The van der Waals surface area contributed by atoms with Crippen molar-refractivity contribution in [2.75, 3.05) is 0 Å². The molecule has 0 bridgehead atoms. The van der Waals surface area contributed by atoms with Crippen molar-refractivity contribution in [2.24, 2.45) is 0 Å². The van der Waals surface area contributed by atoms with Crippen LogP contribution in [0, 0.1) is 0 Å². The van der Waals surface area contributed by atoms with Crippen molar-refractivity contribution in [1.29, 1.82) is 0 Å². The molecule has 1 aliphatic heterocycles. The molecule has 0 saturated carbocycles. The number of carboxylic acid groups (broad SMARTS) is 1. The first-order chi connectivity index (χ1) is 8.56. The molecule has 1 aromatic heterocycles. The second-order valence-corrected chi connectivity index (χ2v) is 3.95. The van der Waals surface area contributed by atoms with E-state index in [2.05, 4.69) is 10.6 Å². The van der Waals surface area contributed by atoms with Crippen molar-refractivity contribution >= 4 is 17.8 Å². The number of hydrogen-bond acceptors (Lipinski definition) is 4. The van der Waals surface area contributed by atoms with Crippen LogP contribution in [-0.4, -0.2) is 28.9 Å². The van der Waals surface area contributed by atoms with Crippen molar-refractivity contribution in [3.8, 4) is 0 Å². The summed E-state index contributed by atoms with van der Waals surface area (Å²) in [4.78, 5) is 33.1. The van der Waals surface area contributed by atoms with Crippen LogP contribution in [-0.2, 0) is 16.1 Å². The third-order valence-corrected chi connectivity index (χ3v) is 2.62. The molecule has 0 aromatic carbocycles. The Morgan fingerprint density at radius 3 is 2.83 bits per heavy atom. The van der Waals surface area contributed by atoms with Crippen LogP contribution in [0.5, 0.6) is 0 Å². The van der Waals surface area contributed by atoms with Gasteiger partial charge in [-0.1, -0.05) is 0 Å². The quantitative estimate of drug-likeness (QED) is 0.691. The molecule has 7 heteroatoms. The van der Waals surface area contributed by atoms with Crippen molar-refractivity contribution in [1.82, 2.24) is 10.6 Å². The molecule has 0 radical (unpaired) electrons. The molecule has 1 saturated heterocycles. The standard InChI is InChI=1S/C11H12N2O5/c14-9-4-2-7(13-9)10(15)12-5-6-1-3-8(18-6)11(16)17/h1,3,7H,2,4-5H2,(H,12,15)(H,13,14)(H,16,17)/t7-/m1/s1. The predicted molar refractivity (Wildman–Crippen MR) is 58.7 cm³/mol. The maximum Gasteiger partial charge on any atom is 0.371 e. The average Bonchev–Trinajstić information content (AvgIpc) is 2.94. The molecule has 0 unspecified atom stereocenters. The maximum atomic E-state index is 11.6. The van der Waals surface area contributed by atoms with Gasteiger partial charge in [-0.15, -0.1) is 0 Å². The largest absolute Gasteiger partial charge is 0.475 e. The first kappa shape index (κ1) is 12.2. The van der Waals surface area contributed by atoms with Gasteiger partial charge in [0.15, 0.2) is 0 Å². The minimum Gasteiger partial charge on any atom is -0.475 e. The molecule has 2 heterocycles. The molecule has 96 valence electrons. The lowest BCUT2D eigenvalue weighted by Gasteiger charge is -2.09. The molecule has 1 atom stereocenters. The number of amides is 2. The topological polar surface area (TPSA) is 109 Å². The average molecular weight is 252 g/mol. The Morgan fingerprint density at radius 1 is 1.50 bits per heavy atom. The lowest BCUT2D eigenvalue weighted by atomic mass is 10.2. The fourth-order valence-electron chi connectivity index (χ4n) is 1.70. The minimum atomic E-state index is -1.16. The number of hydrogen-bond donors (Lipinski definition) is 3. The fraction of sp³-hybridized carbons (Fsp3) is 0.364. The summed E-state index contributed by atoms with van der Waals surface area (Å²) in [5.74, 6) is -1.41. The zero-order valence-electron chi connectivity index (χ0n) is 9.43. The summed E-state index contributed by atoms with van der Waals surface area (Å²) in [5, 5.41) is 13.8. The number of rotatable bonds is 4. The number of carboxylic acids is 1. The van der Waals surface area contributed by atoms with Crippen molar-refractivity contribution in [3.63, 3.8) is 0 Å². The highest BCUT2D eigenvalue weighted by atomic mass is 16.4. The van der Waals surface area contributed by atoms with Crippen LogP contribution in [0.2, 0.25) is 0 Å². The predicted octanol–water partition coefficient (Wildman–Crippen LogP) is -0.127. The van der Waals surface area contributed by atoms with Gasteiger partial charge in [-0.2, -0.15) is 0 Å². The van der Waals surface area contributed by atoms with Crippen LogP contribution in [0.1, 0.15) is 29.2 Å². The van der Waals surface area contributed by atoms with E-state index in [4.69, 9.17) is 9.52 Å². The van der Waals surface area contributed by atoms with Gasteiger partial charge in [0, 0.05) is 6.42 Å². The van der Waals surface area contributed by atoms with Crippen LogP contribution >= 0.6 is 0 Å². The van der Waals surface area contributed by atoms with Crippen molar-refractivity contribution in [3.05, 3.63) is 23.7 Å². The van der Waals surface area contributed by atoms with E-state index in [1.165, 1.54) is 12.1 Å². The summed E-state index contributed by atoms with van der Waals surface area (Å²) < 4.78 is 4.98. The lowest BCUT2D eigenvalue weighted by Crippen LogP contribution is -2.41. The fourth-order valence-corrected chi connectivity index (χ4v) is 1.70. The van der Waals surface area contributed by atoms with Crippen molar-refractivity contribution < 1.29 is 23.9 Å². The molecule has 3 N–H and O–H groups in total. The second kappa shape index (κ2) is 4.91. The third kappa shape index (κ3) is 2.68. The SMILES string of the molecule is O=C1CC[C@H](C(=O)NCc2ccc(C(=O)O)o2)N1. The van der Waals surface area contributed by atoms with Crippen LogP contribution in [0.3, 0.4) is 0 Å². The highest BCUT2D eigenvalue weighted by Gasteiger charge is 2.26. The van der Waals surface area contributed by atoms with Gasteiger partial charge >= 0.3 is 5.97 Å². The summed E-state index contributed by atoms with van der Waals surface area (Å²) in [6.07, 6.45) is 0.825. The van der Waals surface area contributed by atoms with Gasteiger partial charge in [-0.3, -0.25) is 9.59 Å². The summed E-state index contributed by atoms with van der Waals surface area (Å²) in [6, 6.07) is 2.30. The normalized spacial score (nSPS) is 18.4. The molecule has 1 fully saturated rings. The molecule has 2 rings (SSSR count). The number of carbonyl (C=O) groups excluding carboxylic acids is 2. The molecule has 0 aliphatic carbocycles. The molecule has 7 nitrogen and oxygen atoms in total. The number of nitrogens with one attached hydrogen (secondary N) is 2. The summed E-state index contributed by atoms with van der Waals surface area (Å²) >= 11 is 0. The van der Waals surface area contributed by atoms with Gasteiger partial charge in [-0.05, 0) is 18.6 Å². The van der Waals surface area contributed by atoms with Gasteiger partial charge in [-0.25, -0.2) is 4.79 Å². The number of furan rings is 1. The highest BCUT2D eigenvalue weighted by molar-refractivity contribution is 5.90. The monoisotopic (exact) mass is 252 g/mol. The Kier molecular flexibility index (Phi) is 3.31. The Hall–Kier alpha value is -2.31. The van der Waals surface area contributed by atoms with Crippen LogP contribution in [0.4, 0.5) is 0 Å². The Bertz CT molecular complexity index is 493. The van der Waals surface area contributed by atoms with E-state index in [-0.39, 0.29) is 24.1 Å². The first-order valence-electron chi connectivity index (χ1n) is 5.45. The Balaban J connectivity index is 1.85. The van der Waals surface area contributed by atoms with Crippen molar-refractivity contribution in [2.45, 2.75) is 25.4 Å². The number of aromatic carboxylic acids is 1. The van der Waals surface area contributed by atoms with Crippen LogP contribution in [0.25, 0.3) is 0 Å². The van der Waals surface area contributed by atoms with E-state index < -0.39 is 12.0 Å². The van der Waals surface area contributed by atoms with E-state index >= 15 is 0 Å². The van der Waals surface area contributed by atoms with Gasteiger partial charge in [0.2, 0.25) is 17.6 Å². The molecular weight excluding hydrogens is 240 g/mol. The third-order valence-electron chi connectivity index (χ3n) is 2.62. The molecular formula is C11H12N2O5. The smallest absolute Gasteiger partial charge is 0.371 e. The Labute approximate surface area is 102 Å². The van der Waals surface area contributed by atoms with E-state index in [0.717, 1.165) is 0 Å². The lowest BCUT2D eigenvalue weighted by molar-refractivity contribution is -0.125. The zero-order chi connectivity index (χ0) is 13.1. The van der Waals surface area contributed by atoms with E-state index in [1.54, 1.807) is 0 Å². The summed E-state index contributed by atoms with van der Waals surface area (Å²) in [7, 11) is 0. The summed E-state index contributed by atoms with van der Waals surface area (Å²) in [6.45, 7) is 0.0957.